The second kappa shape index (κ2) is 8.39. The van der Waals surface area contributed by atoms with Crippen LogP contribution in [0.5, 0.6) is 0 Å². The molecule has 1 aliphatic rings. The molecule has 70 valence electrons. The predicted molar refractivity (Wildman–Crippen MR) is 43.0 cm³/mol. The molecule has 8 heteroatoms. The topological polar surface area (TPSA) is 93.1 Å². The van der Waals surface area contributed by atoms with Crippen molar-refractivity contribution in [2.45, 2.75) is 0 Å². The van der Waals surface area contributed by atoms with Gasteiger partial charge in [0.15, 0.2) is 0 Å². The molecular formula is C4H11NaO6S. The molecule has 0 unspecified atom stereocenters. The summed E-state index contributed by atoms with van der Waals surface area (Å²) >= 11 is 0. The molecule has 0 radical (unpaired) electrons. The van der Waals surface area contributed by atoms with Crippen LogP contribution in [0.3, 0.4) is 0 Å². The van der Waals surface area contributed by atoms with Crippen molar-refractivity contribution in [1.29, 1.82) is 0 Å². The van der Waals surface area contributed by atoms with E-state index in [-0.39, 0.29) is 29.6 Å². The molecule has 0 atom stereocenters. The minimum atomic E-state index is -4.67. The van der Waals surface area contributed by atoms with E-state index in [1.807, 2.05) is 0 Å². The Morgan fingerprint density at radius 2 is 1.08 bits per heavy atom. The standard InChI is InChI=1S/C4H8O2.Na.H2O4S.H/c1-2-6-4-3-5-1;;1-5(2,3)4;/h1-4H2;;(H2,1,2,3,4);. The van der Waals surface area contributed by atoms with Gasteiger partial charge in [0.1, 0.15) is 0 Å². The fourth-order valence-electron chi connectivity index (χ4n) is 0.440. The van der Waals surface area contributed by atoms with Crippen LogP contribution in [0.2, 0.25) is 0 Å². The molecule has 0 amide bonds. The summed E-state index contributed by atoms with van der Waals surface area (Å²) in [6, 6.07) is 0. The maximum atomic E-state index is 8.74. The molecule has 0 aromatic rings. The molecule has 12 heavy (non-hydrogen) atoms. The summed E-state index contributed by atoms with van der Waals surface area (Å²) in [5, 5.41) is 0. The summed E-state index contributed by atoms with van der Waals surface area (Å²) in [5.41, 5.74) is 0. The quantitative estimate of drug-likeness (QED) is 0.382. The summed E-state index contributed by atoms with van der Waals surface area (Å²) in [4.78, 5) is 0. The number of ether oxygens (including phenoxy) is 2. The molecule has 1 saturated heterocycles. The first kappa shape index (κ1) is 15.3. The average Bonchev–Trinajstić information content (AvgIpc) is 1.88. The summed E-state index contributed by atoms with van der Waals surface area (Å²) in [7, 11) is -4.67. The fourth-order valence-corrected chi connectivity index (χ4v) is 0.440. The molecule has 0 saturated carbocycles. The van der Waals surface area contributed by atoms with Crippen LogP contribution in [-0.4, -0.2) is 73.5 Å². The van der Waals surface area contributed by atoms with Crippen LogP contribution in [0, 0.1) is 0 Å². The molecule has 0 bridgehead atoms. The second-order valence-corrected chi connectivity index (χ2v) is 2.57. The Labute approximate surface area is 93.1 Å². The van der Waals surface area contributed by atoms with Crippen molar-refractivity contribution in [2.24, 2.45) is 0 Å². The number of rotatable bonds is 0. The van der Waals surface area contributed by atoms with E-state index in [0.29, 0.717) is 0 Å². The van der Waals surface area contributed by atoms with Gasteiger partial charge in [-0.3, -0.25) is 9.11 Å². The molecule has 0 spiro atoms. The first-order valence-corrected chi connectivity index (χ1v) is 4.25. The van der Waals surface area contributed by atoms with Crippen LogP contribution >= 0.6 is 0 Å². The first-order chi connectivity index (χ1) is 5.00. The van der Waals surface area contributed by atoms with Crippen LogP contribution in [0.1, 0.15) is 0 Å². The van der Waals surface area contributed by atoms with Gasteiger partial charge in [0.05, 0.1) is 26.4 Å². The normalized spacial score (nSPS) is 16.8. The predicted octanol–water partition coefficient (Wildman–Crippen LogP) is -1.27. The van der Waals surface area contributed by atoms with Gasteiger partial charge in [-0.25, -0.2) is 0 Å². The summed E-state index contributed by atoms with van der Waals surface area (Å²) < 4.78 is 41.5. The van der Waals surface area contributed by atoms with Crippen LogP contribution in [0.4, 0.5) is 0 Å². The van der Waals surface area contributed by atoms with Crippen molar-refractivity contribution >= 4 is 40.0 Å². The third kappa shape index (κ3) is 22.4. The SMILES string of the molecule is C1COCCO1.O=S(=O)(O)O.[NaH]. The molecule has 2 N–H and O–H groups in total. The molecule has 1 heterocycles. The van der Waals surface area contributed by atoms with E-state index in [9.17, 15) is 0 Å². The monoisotopic (exact) mass is 210 g/mol. The Morgan fingerprint density at radius 1 is 0.917 bits per heavy atom. The van der Waals surface area contributed by atoms with Gasteiger partial charge in [-0.1, -0.05) is 0 Å². The first-order valence-electron chi connectivity index (χ1n) is 2.85. The van der Waals surface area contributed by atoms with Crippen molar-refractivity contribution in [3.63, 3.8) is 0 Å². The van der Waals surface area contributed by atoms with Crippen molar-refractivity contribution in [3.05, 3.63) is 0 Å². The molecule has 1 rings (SSSR count). The number of hydrogen-bond acceptors (Lipinski definition) is 4. The van der Waals surface area contributed by atoms with Gasteiger partial charge >= 0.3 is 40.0 Å². The van der Waals surface area contributed by atoms with E-state index in [2.05, 4.69) is 0 Å². The van der Waals surface area contributed by atoms with Gasteiger partial charge in [-0.15, -0.1) is 0 Å². The molecule has 1 fully saturated rings. The maximum absolute atomic E-state index is 8.74. The van der Waals surface area contributed by atoms with Crippen molar-refractivity contribution in [1.82, 2.24) is 0 Å². The van der Waals surface area contributed by atoms with Crippen molar-refractivity contribution in [3.8, 4) is 0 Å². The Kier molecular flexibility index (Phi) is 10.7. The van der Waals surface area contributed by atoms with E-state index in [1.54, 1.807) is 0 Å². The summed E-state index contributed by atoms with van der Waals surface area (Å²) in [6.45, 7) is 3.11. The van der Waals surface area contributed by atoms with Gasteiger partial charge in [0, 0.05) is 0 Å². The molecule has 1 aliphatic heterocycles. The fraction of sp³-hybridized carbons (Fsp3) is 1.00. The van der Waals surface area contributed by atoms with E-state index < -0.39 is 10.4 Å². The van der Waals surface area contributed by atoms with Crippen LogP contribution in [-0.2, 0) is 19.9 Å². The van der Waals surface area contributed by atoms with Gasteiger partial charge in [0.25, 0.3) is 0 Å². The average molecular weight is 210 g/mol. The third-order valence-electron chi connectivity index (χ3n) is 0.744. The molecule has 0 aromatic carbocycles. The third-order valence-corrected chi connectivity index (χ3v) is 0.744. The second-order valence-electron chi connectivity index (χ2n) is 1.67. The van der Waals surface area contributed by atoms with E-state index in [4.69, 9.17) is 27.0 Å². The van der Waals surface area contributed by atoms with Gasteiger partial charge < -0.3 is 9.47 Å². The number of hydrogen-bond donors (Lipinski definition) is 2. The Morgan fingerprint density at radius 3 is 1.17 bits per heavy atom. The summed E-state index contributed by atoms with van der Waals surface area (Å²) in [5.74, 6) is 0. The zero-order valence-corrected chi connectivity index (χ0v) is 6.58. The van der Waals surface area contributed by atoms with Crippen LogP contribution < -0.4 is 0 Å². The molecule has 0 aromatic heterocycles. The zero-order chi connectivity index (χ0) is 8.74. The Bertz CT molecular complexity index is 154. The summed E-state index contributed by atoms with van der Waals surface area (Å²) in [6.07, 6.45) is 0. The van der Waals surface area contributed by atoms with Crippen molar-refractivity contribution < 1.29 is 27.0 Å². The Hall–Kier alpha value is 0.790. The van der Waals surface area contributed by atoms with Crippen LogP contribution in [0.15, 0.2) is 0 Å². The van der Waals surface area contributed by atoms with E-state index >= 15 is 0 Å². The van der Waals surface area contributed by atoms with Gasteiger partial charge in [-0.2, -0.15) is 8.42 Å². The minimum absolute atomic E-state index is 0. The van der Waals surface area contributed by atoms with Gasteiger partial charge in [-0.05, 0) is 0 Å². The molecule has 0 aliphatic carbocycles. The molecular weight excluding hydrogens is 199 g/mol. The van der Waals surface area contributed by atoms with Gasteiger partial charge in [0.2, 0.25) is 0 Å². The zero-order valence-electron chi connectivity index (χ0n) is 5.76. The van der Waals surface area contributed by atoms with Crippen molar-refractivity contribution in [2.75, 3.05) is 26.4 Å². The van der Waals surface area contributed by atoms with Crippen LogP contribution in [0.25, 0.3) is 0 Å². The molecule has 6 nitrogen and oxygen atoms in total. The Balaban J connectivity index is 0. The van der Waals surface area contributed by atoms with E-state index in [1.165, 1.54) is 0 Å². The van der Waals surface area contributed by atoms with E-state index in [0.717, 1.165) is 26.4 Å².